The highest BCUT2D eigenvalue weighted by Crippen LogP contribution is 2.31. The molecule has 204 valence electrons. The fraction of sp³-hybridized carbons (Fsp3) is 0.375. The summed E-state index contributed by atoms with van der Waals surface area (Å²) in [6.45, 7) is 7.64. The molecule has 7 heteroatoms. The van der Waals surface area contributed by atoms with Crippen LogP contribution in [-0.4, -0.2) is 22.7 Å². The second-order valence-corrected chi connectivity index (χ2v) is 11.2. The number of hydrogen-bond acceptors (Lipinski definition) is 6. The molecule has 0 radical (unpaired) electrons. The van der Waals surface area contributed by atoms with E-state index in [0.717, 1.165) is 60.4 Å². The van der Waals surface area contributed by atoms with Gasteiger partial charge in [0.1, 0.15) is 17.1 Å². The van der Waals surface area contributed by atoms with E-state index >= 15 is 0 Å². The first-order chi connectivity index (χ1) is 18.7. The van der Waals surface area contributed by atoms with Crippen molar-refractivity contribution in [3.05, 3.63) is 94.5 Å². The number of allylic oxidation sites excluding steroid dienone is 1. The lowest BCUT2D eigenvalue weighted by molar-refractivity contribution is 0.0540. The van der Waals surface area contributed by atoms with Crippen molar-refractivity contribution in [2.45, 2.75) is 71.4 Å². The number of nitrogens with one attached hydrogen (secondary N) is 2. The highest BCUT2D eigenvalue weighted by atomic mass is 16.6. The topological polar surface area (TPSA) is 92.7 Å². The van der Waals surface area contributed by atoms with Crippen molar-refractivity contribution in [2.75, 3.05) is 5.32 Å². The minimum absolute atomic E-state index is 0.106. The van der Waals surface area contributed by atoms with Gasteiger partial charge in [-0.25, -0.2) is 9.78 Å². The number of amides is 1. The number of hydrogen-bond donors (Lipinski definition) is 2. The first-order valence-electron chi connectivity index (χ1n) is 13.7. The lowest BCUT2D eigenvalue weighted by Gasteiger charge is -2.23. The van der Waals surface area contributed by atoms with Crippen molar-refractivity contribution in [1.29, 1.82) is 0 Å². The summed E-state index contributed by atoms with van der Waals surface area (Å²) in [4.78, 5) is 28.6. The van der Waals surface area contributed by atoms with Gasteiger partial charge in [-0.15, -0.1) is 4.91 Å². The van der Waals surface area contributed by atoms with Crippen LogP contribution in [0.2, 0.25) is 0 Å². The number of nitroso groups, excluding NO2 is 1. The lowest BCUT2D eigenvalue weighted by Crippen LogP contribution is -2.34. The molecule has 1 unspecified atom stereocenters. The minimum Gasteiger partial charge on any atom is -0.444 e. The van der Waals surface area contributed by atoms with Gasteiger partial charge in [0.15, 0.2) is 0 Å². The third kappa shape index (κ3) is 8.50. The predicted molar refractivity (Wildman–Crippen MR) is 157 cm³/mol. The van der Waals surface area contributed by atoms with E-state index in [-0.39, 0.29) is 6.04 Å². The quantitative estimate of drug-likeness (QED) is 0.275. The fourth-order valence-electron chi connectivity index (χ4n) is 4.95. The Kier molecular flexibility index (Phi) is 9.12. The Morgan fingerprint density at radius 3 is 2.49 bits per heavy atom. The van der Waals surface area contributed by atoms with Crippen LogP contribution in [0.5, 0.6) is 0 Å². The Bertz CT molecular complexity index is 1310. The van der Waals surface area contributed by atoms with E-state index in [2.05, 4.69) is 46.2 Å². The summed E-state index contributed by atoms with van der Waals surface area (Å²) >= 11 is 0. The predicted octanol–water partition coefficient (Wildman–Crippen LogP) is 8.14. The van der Waals surface area contributed by atoms with Crippen molar-refractivity contribution < 1.29 is 9.53 Å². The molecule has 1 amide bonds. The SMILES string of the molecule is CC(/C=C(\NC(=O)OC(C)(C)C)C1CCCC1)Nc1cc(Cc2ccccc2)cc(-c2cccc(N=O)c2)n1. The Morgan fingerprint density at radius 2 is 1.79 bits per heavy atom. The molecule has 0 saturated heterocycles. The Balaban J connectivity index is 1.62. The summed E-state index contributed by atoms with van der Waals surface area (Å²) in [5.41, 5.74) is 4.57. The zero-order chi connectivity index (χ0) is 27.8. The number of pyridine rings is 1. The molecule has 1 aliphatic carbocycles. The maximum Gasteiger partial charge on any atom is 0.411 e. The molecule has 2 N–H and O–H groups in total. The van der Waals surface area contributed by atoms with Gasteiger partial charge < -0.3 is 10.1 Å². The summed E-state index contributed by atoms with van der Waals surface area (Å²) in [6.07, 6.45) is 6.79. The molecule has 0 bridgehead atoms. The number of ether oxygens (including phenoxy) is 1. The van der Waals surface area contributed by atoms with Crippen LogP contribution in [0.4, 0.5) is 16.3 Å². The van der Waals surface area contributed by atoms with E-state index in [0.29, 0.717) is 11.6 Å². The van der Waals surface area contributed by atoms with Crippen LogP contribution < -0.4 is 10.6 Å². The van der Waals surface area contributed by atoms with Crippen LogP contribution in [0.3, 0.4) is 0 Å². The summed E-state index contributed by atoms with van der Waals surface area (Å²) in [5, 5.41) is 9.63. The van der Waals surface area contributed by atoms with Crippen LogP contribution in [0.1, 0.15) is 64.5 Å². The van der Waals surface area contributed by atoms with Gasteiger partial charge in [0.2, 0.25) is 0 Å². The Morgan fingerprint density at radius 1 is 1.05 bits per heavy atom. The van der Waals surface area contributed by atoms with Crippen LogP contribution in [0.15, 0.2) is 83.7 Å². The van der Waals surface area contributed by atoms with Gasteiger partial charge in [-0.1, -0.05) is 55.3 Å². The lowest BCUT2D eigenvalue weighted by atomic mass is 10.0. The number of carbonyl (C=O) groups is 1. The standard InChI is InChI=1S/C32H38N4O3/c1-22(17-28(25-13-8-9-14-25)35-31(37)39-32(2,3)4)33-30-20-24(18-23-11-6-5-7-12-23)19-29(34-30)26-15-10-16-27(21-26)36-38/h5-7,10-12,15-17,19-22,25H,8-9,13-14,18H2,1-4H3,(H,33,34)(H,35,37)/b28-17-. The van der Waals surface area contributed by atoms with Crippen LogP contribution in [0.25, 0.3) is 11.3 Å². The van der Waals surface area contributed by atoms with Gasteiger partial charge in [-0.3, -0.25) is 5.32 Å². The molecule has 0 spiro atoms. The van der Waals surface area contributed by atoms with E-state index in [9.17, 15) is 9.70 Å². The van der Waals surface area contributed by atoms with E-state index in [1.807, 2.05) is 58.0 Å². The number of benzene rings is 2. The molecule has 7 nitrogen and oxygen atoms in total. The van der Waals surface area contributed by atoms with E-state index in [1.165, 1.54) is 5.56 Å². The third-order valence-corrected chi connectivity index (χ3v) is 6.63. The number of aromatic nitrogens is 1. The van der Waals surface area contributed by atoms with E-state index in [4.69, 9.17) is 9.72 Å². The molecule has 1 aliphatic rings. The van der Waals surface area contributed by atoms with Gasteiger partial charge in [0.25, 0.3) is 0 Å². The fourth-order valence-corrected chi connectivity index (χ4v) is 4.95. The zero-order valence-electron chi connectivity index (χ0n) is 23.2. The van der Waals surface area contributed by atoms with Crippen LogP contribution in [-0.2, 0) is 11.2 Å². The number of nitrogens with zero attached hydrogens (tertiary/aromatic N) is 2. The second kappa shape index (κ2) is 12.7. The molecule has 1 aromatic heterocycles. The first kappa shape index (κ1) is 28.0. The summed E-state index contributed by atoms with van der Waals surface area (Å²) in [5.74, 6) is 1.02. The van der Waals surface area contributed by atoms with E-state index < -0.39 is 11.7 Å². The molecule has 1 heterocycles. The maximum atomic E-state index is 12.6. The summed E-state index contributed by atoms with van der Waals surface area (Å²) in [7, 11) is 0. The van der Waals surface area contributed by atoms with Crippen molar-refractivity contribution >= 4 is 17.6 Å². The number of anilines is 1. The first-order valence-corrected chi connectivity index (χ1v) is 13.7. The van der Waals surface area contributed by atoms with Gasteiger partial charge >= 0.3 is 6.09 Å². The molecule has 0 aliphatic heterocycles. The normalized spacial score (nSPS) is 15.0. The number of rotatable bonds is 9. The van der Waals surface area contributed by atoms with Crippen molar-refractivity contribution in [2.24, 2.45) is 11.1 Å². The van der Waals surface area contributed by atoms with E-state index in [1.54, 1.807) is 12.1 Å². The molecular formula is C32H38N4O3. The van der Waals surface area contributed by atoms with Crippen molar-refractivity contribution in [3.63, 3.8) is 0 Å². The molecule has 1 saturated carbocycles. The van der Waals surface area contributed by atoms with Crippen molar-refractivity contribution in [3.8, 4) is 11.3 Å². The average Bonchev–Trinajstić information content (AvgIpc) is 3.43. The Hall–Kier alpha value is -4.00. The monoisotopic (exact) mass is 526 g/mol. The maximum absolute atomic E-state index is 12.6. The highest BCUT2D eigenvalue weighted by molar-refractivity contribution is 5.70. The second-order valence-electron chi connectivity index (χ2n) is 11.2. The average molecular weight is 527 g/mol. The number of alkyl carbamates (subject to hydrolysis) is 1. The Labute approximate surface area is 231 Å². The molecule has 3 aromatic rings. The van der Waals surface area contributed by atoms with Crippen LogP contribution >= 0.6 is 0 Å². The molecule has 39 heavy (non-hydrogen) atoms. The highest BCUT2D eigenvalue weighted by Gasteiger charge is 2.24. The van der Waals surface area contributed by atoms with Crippen molar-refractivity contribution in [1.82, 2.24) is 10.3 Å². The van der Waals surface area contributed by atoms with Gasteiger partial charge in [0, 0.05) is 17.3 Å². The van der Waals surface area contributed by atoms with Gasteiger partial charge in [-0.2, -0.15) is 0 Å². The number of carbonyl (C=O) groups excluding carboxylic acids is 1. The zero-order valence-corrected chi connectivity index (χ0v) is 23.2. The van der Waals surface area contributed by atoms with Gasteiger partial charge in [0.05, 0.1) is 5.69 Å². The molecule has 1 atom stereocenters. The summed E-state index contributed by atoms with van der Waals surface area (Å²) < 4.78 is 5.53. The molecular weight excluding hydrogens is 488 g/mol. The van der Waals surface area contributed by atoms with Gasteiger partial charge in [-0.05, 0) is 99.5 Å². The molecule has 4 rings (SSSR count). The minimum atomic E-state index is -0.565. The van der Waals surface area contributed by atoms with Crippen LogP contribution in [0, 0.1) is 10.8 Å². The molecule has 2 aromatic carbocycles. The smallest absolute Gasteiger partial charge is 0.411 e. The largest absolute Gasteiger partial charge is 0.444 e. The summed E-state index contributed by atoms with van der Waals surface area (Å²) in [6, 6.07) is 21.4. The third-order valence-electron chi connectivity index (χ3n) is 6.63. The molecule has 1 fully saturated rings.